The second-order valence-electron chi connectivity index (χ2n) is 6.92. The van der Waals surface area contributed by atoms with Gasteiger partial charge in [0.05, 0.1) is 0 Å². The highest BCUT2D eigenvalue weighted by Gasteiger charge is 2.38. The Balaban J connectivity index is 1.36. The molecule has 1 N–H and O–H groups in total. The number of hydrogen-bond donors (Lipinski definition) is 1. The van der Waals surface area contributed by atoms with Crippen molar-refractivity contribution < 1.29 is 9.72 Å². The van der Waals surface area contributed by atoms with Crippen molar-refractivity contribution in [2.75, 3.05) is 7.05 Å². The zero-order valence-corrected chi connectivity index (χ0v) is 14.4. The molecule has 2 aliphatic rings. The van der Waals surface area contributed by atoms with Crippen LogP contribution in [0.15, 0.2) is 18.6 Å². The lowest BCUT2D eigenvalue weighted by molar-refractivity contribution is -0.394. The van der Waals surface area contributed by atoms with Gasteiger partial charge in [0, 0.05) is 29.4 Å². The molecule has 26 heavy (non-hydrogen) atoms. The van der Waals surface area contributed by atoms with Crippen LogP contribution in [0.25, 0.3) is 0 Å². The number of fused-ring (bicyclic) bond motifs is 2. The number of piperidine rings is 1. The highest BCUT2D eigenvalue weighted by molar-refractivity contribution is 5.92. The van der Waals surface area contributed by atoms with E-state index in [2.05, 4.69) is 32.4 Å². The summed E-state index contributed by atoms with van der Waals surface area (Å²) in [7, 11) is 2.16. The number of rotatable bonds is 5. The molecule has 2 unspecified atom stereocenters. The minimum atomic E-state index is -0.660. The van der Waals surface area contributed by atoms with Gasteiger partial charge in [0.15, 0.2) is 6.67 Å². The number of nitro groups is 1. The van der Waals surface area contributed by atoms with E-state index < -0.39 is 10.9 Å². The van der Waals surface area contributed by atoms with Crippen LogP contribution in [0.2, 0.25) is 0 Å². The molecule has 2 aromatic rings. The third-order valence-electron chi connectivity index (χ3n) is 5.28. The average molecular weight is 360 g/mol. The van der Waals surface area contributed by atoms with E-state index in [0.717, 1.165) is 12.8 Å². The summed E-state index contributed by atoms with van der Waals surface area (Å²) >= 11 is 0. The Hall–Kier alpha value is -2.82. The first-order valence-electron chi connectivity index (χ1n) is 8.59. The van der Waals surface area contributed by atoms with Gasteiger partial charge in [-0.25, -0.2) is 4.68 Å². The molecule has 0 radical (unpaired) electrons. The van der Waals surface area contributed by atoms with E-state index in [1.807, 2.05) is 0 Å². The molecule has 0 saturated carbocycles. The highest BCUT2D eigenvalue weighted by Crippen LogP contribution is 2.34. The van der Waals surface area contributed by atoms with Crippen LogP contribution in [0, 0.1) is 10.1 Å². The third kappa shape index (κ3) is 3.17. The largest absolute Gasteiger partial charge is 0.491 e. The number of amides is 1. The smallest absolute Gasteiger partial charge is 0.390 e. The van der Waals surface area contributed by atoms with Gasteiger partial charge in [0.2, 0.25) is 6.33 Å². The van der Waals surface area contributed by atoms with Crippen LogP contribution >= 0.6 is 0 Å². The fourth-order valence-electron chi connectivity index (χ4n) is 3.94. The maximum absolute atomic E-state index is 12.5. The number of nitrogens with one attached hydrogen (secondary N) is 1. The Morgan fingerprint density at radius 1 is 1.31 bits per heavy atom. The average Bonchev–Trinajstić information content (AvgIpc) is 3.29. The van der Waals surface area contributed by atoms with Crippen LogP contribution in [0.4, 0.5) is 5.95 Å². The topological polar surface area (TPSA) is 124 Å². The molecule has 0 spiro atoms. The Kier molecular flexibility index (Phi) is 4.15. The Morgan fingerprint density at radius 2 is 2.04 bits per heavy atom. The summed E-state index contributed by atoms with van der Waals surface area (Å²) < 4.78 is 2.78. The lowest BCUT2D eigenvalue weighted by Crippen LogP contribution is -2.48. The van der Waals surface area contributed by atoms with Gasteiger partial charge < -0.3 is 20.3 Å². The molecular formula is C15H20N8O3. The summed E-state index contributed by atoms with van der Waals surface area (Å²) in [6.07, 6.45) is 7.25. The fourth-order valence-corrected chi connectivity index (χ4v) is 3.94. The van der Waals surface area contributed by atoms with Crippen molar-refractivity contribution in [3.8, 4) is 0 Å². The van der Waals surface area contributed by atoms with Crippen LogP contribution in [0.5, 0.6) is 0 Å². The minimum absolute atomic E-state index is 0.145. The monoisotopic (exact) mass is 360 g/mol. The van der Waals surface area contributed by atoms with Gasteiger partial charge in [-0.3, -0.25) is 4.79 Å². The molecule has 2 fully saturated rings. The van der Waals surface area contributed by atoms with Gasteiger partial charge in [-0.05, 0) is 43.7 Å². The number of hydrogen-bond acceptors (Lipinski definition) is 7. The molecule has 4 rings (SSSR count). The summed E-state index contributed by atoms with van der Waals surface area (Å²) in [5.41, 5.74) is 0.325. The van der Waals surface area contributed by atoms with Crippen LogP contribution < -0.4 is 5.32 Å². The molecule has 2 bridgehead atoms. The lowest BCUT2D eigenvalue weighted by atomic mass is 9.98. The predicted molar refractivity (Wildman–Crippen MR) is 89.4 cm³/mol. The van der Waals surface area contributed by atoms with E-state index in [1.165, 1.54) is 28.5 Å². The third-order valence-corrected chi connectivity index (χ3v) is 5.28. The summed E-state index contributed by atoms with van der Waals surface area (Å²) in [6, 6.07) is 2.92. The molecule has 11 nitrogen and oxygen atoms in total. The van der Waals surface area contributed by atoms with Crippen LogP contribution in [-0.2, 0) is 6.67 Å². The van der Waals surface area contributed by atoms with Crippen molar-refractivity contribution >= 4 is 11.9 Å². The van der Waals surface area contributed by atoms with Gasteiger partial charge in [-0.15, -0.1) is 0 Å². The van der Waals surface area contributed by atoms with Gasteiger partial charge >= 0.3 is 5.95 Å². The Labute approximate surface area is 149 Å². The molecule has 11 heteroatoms. The molecule has 138 valence electrons. The Bertz CT molecular complexity index is 816. The van der Waals surface area contributed by atoms with E-state index in [-0.39, 0.29) is 18.6 Å². The first-order valence-corrected chi connectivity index (χ1v) is 8.59. The highest BCUT2D eigenvalue weighted by atomic mass is 16.6. The maximum Gasteiger partial charge on any atom is 0.491 e. The molecule has 2 atom stereocenters. The van der Waals surface area contributed by atoms with Crippen LogP contribution in [-0.4, -0.2) is 65.4 Å². The summed E-state index contributed by atoms with van der Waals surface area (Å²) in [5.74, 6) is -0.658. The molecule has 1 amide bonds. The summed E-state index contributed by atoms with van der Waals surface area (Å²) in [5, 5.41) is 21.6. The summed E-state index contributed by atoms with van der Waals surface area (Å²) in [4.78, 5) is 28.4. The van der Waals surface area contributed by atoms with Crippen molar-refractivity contribution in [1.29, 1.82) is 0 Å². The zero-order chi connectivity index (χ0) is 18.3. The fraction of sp³-hybridized carbons (Fsp3) is 0.600. The van der Waals surface area contributed by atoms with E-state index in [1.54, 1.807) is 12.3 Å². The molecule has 2 aromatic heterocycles. The predicted octanol–water partition coefficient (Wildman–Crippen LogP) is 0.244. The normalized spacial score (nSPS) is 25.3. The second kappa shape index (κ2) is 6.48. The van der Waals surface area contributed by atoms with E-state index in [4.69, 9.17) is 0 Å². The first kappa shape index (κ1) is 16.6. The van der Waals surface area contributed by atoms with E-state index in [0.29, 0.717) is 17.8 Å². The van der Waals surface area contributed by atoms with Crippen molar-refractivity contribution in [3.63, 3.8) is 0 Å². The second-order valence-corrected chi connectivity index (χ2v) is 6.92. The molecule has 2 saturated heterocycles. The van der Waals surface area contributed by atoms with Crippen molar-refractivity contribution in [2.24, 2.45) is 0 Å². The SMILES string of the molecule is CN1C2CCC1CC(NC(=O)c1ccn(Cn3cnc([N+](=O)[O-])n3)n1)C2. The first-order chi connectivity index (χ1) is 12.5. The van der Waals surface area contributed by atoms with E-state index >= 15 is 0 Å². The molecule has 4 heterocycles. The number of aromatic nitrogens is 5. The van der Waals surface area contributed by atoms with Gasteiger partial charge in [-0.1, -0.05) is 4.98 Å². The molecule has 2 aliphatic heterocycles. The standard InChI is InChI=1S/C15H20N8O3/c1-20-11-2-3-12(20)7-10(6-11)17-14(24)13-4-5-21(18-13)9-22-8-16-15(19-22)23(25)26/h4-5,8,10-12H,2-3,6-7,9H2,1H3,(H,17,24). The van der Waals surface area contributed by atoms with Crippen molar-refractivity contribution in [3.05, 3.63) is 34.4 Å². The van der Waals surface area contributed by atoms with Gasteiger partial charge in [0.1, 0.15) is 5.69 Å². The number of carbonyl (C=O) groups is 1. The quantitative estimate of drug-likeness (QED) is 0.598. The summed E-state index contributed by atoms with van der Waals surface area (Å²) in [6.45, 7) is 0.145. The van der Waals surface area contributed by atoms with E-state index in [9.17, 15) is 14.9 Å². The van der Waals surface area contributed by atoms with Crippen LogP contribution in [0.1, 0.15) is 36.2 Å². The molecular weight excluding hydrogens is 340 g/mol. The van der Waals surface area contributed by atoms with Gasteiger partial charge in [0.25, 0.3) is 5.91 Å². The van der Waals surface area contributed by atoms with Crippen molar-refractivity contribution in [2.45, 2.75) is 50.5 Å². The molecule has 0 aliphatic carbocycles. The maximum atomic E-state index is 12.5. The van der Waals surface area contributed by atoms with Gasteiger partial charge in [-0.2, -0.15) is 9.78 Å². The number of nitrogens with zero attached hydrogens (tertiary/aromatic N) is 7. The van der Waals surface area contributed by atoms with Crippen molar-refractivity contribution in [1.82, 2.24) is 34.8 Å². The van der Waals surface area contributed by atoms with Crippen LogP contribution in [0.3, 0.4) is 0 Å². The zero-order valence-electron chi connectivity index (χ0n) is 14.4. The lowest BCUT2D eigenvalue weighted by Gasteiger charge is -2.36. The Morgan fingerprint density at radius 3 is 2.69 bits per heavy atom. The molecule has 0 aromatic carbocycles. The minimum Gasteiger partial charge on any atom is -0.390 e. The number of carbonyl (C=O) groups excluding carboxylic acids is 1.